The van der Waals surface area contributed by atoms with Crippen LogP contribution >= 0.6 is 11.6 Å². The molecular weight excluding hydrogens is 214 g/mol. The average molecular weight is 228 g/mol. The number of carbonyl (C=O) groups excluding carboxylic acids is 1. The summed E-state index contributed by atoms with van der Waals surface area (Å²) in [7, 11) is 0. The van der Waals surface area contributed by atoms with E-state index in [0.29, 0.717) is 12.5 Å². The van der Waals surface area contributed by atoms with E-state index in [4.69, 9.17) is 16.3 Å². The maximum absolute atomic E-state index is 11.0. The molecule has 3 nitrogen and oxygen atoms in total. The lowest BCUT2D eigenvalue weighted by Gasteiger charge is -2.18. The van der Waals surface area contributed by atoms with E-state index in [0.717, 1.165) is 5.56 Å². The predicted molar refractivity (Wildman–Crippen MR) is 59.7 cm³/mol. The molecule has 0 saturated heterocycles. The van der Waals surface area contributed by atoms with Gasteiger partial charge in [-0.2, -0.15) is 0 Å². The number of amides is 1. The second-order valence-corrected chi connectivity index (χ2v) is 3.43. The summed E-state index contributed by atoms with van der Waals surface area (Å²) >= 11 is 5.53. The second-order valence-electron chi connectivity index (χ2n) is 3.05. The molecule has 0 spiro atoms. The minimum atomic E-state index is -0.414. The number of alkyl halides is 1. The van der Waals surface area contributed by atoms with E-state index >= 15 is 0 Å². The lowest BCUT2D eigenvalue weighted by molar-refractivity contribution is -0.123. The number of nitrogens with one attached hydrogen (secondary N) is 1. The Balaban J connectivity index is 2.67. The van der Waals surface area contributed by atoms with Crippen LogP contribution in [0.25, 0.3) is 0 Å². The number of benzene rings is 1. The lowest BCUT2D eigenvalue weighted by atomic mass is 10.2. The molecule has 0 aliphatic heterocycles. The van der Waals surface area contributed by atoms with E-state index in [9.17, 15) is 4.79 Å². The summed E-state index contributed by atoms with van der Waals surface area (Å²) in [5.41, 5.74) is 0.915. The topological polar surface area (TPSA) is 38.3 Å². The van der Waals surface area contributed by atoms with Gasteiger partial charge in [-0.3, -0.25) is 4.79 Å². The van der Waals surface area contributed by atoms with Crippen molar-refractivity contribution in [1.82, 2.24) is 5.32 Å². The Morgan fingerprint density at radius 1 is 1.47 bits per heavy atom. The van der Waals surface area contributed by atoms with Crippen LogP contribution in [0, 0.1) is 0 Å². The Bertz CT molecular complexity index is 303. The Hall–Kier alpha value is -1.06. The van der Waals surface area contributed by atoms with Crippen molar-refractivity contribution in [3.63, 3.8) is 0 Å². The van der Waals surface area contributed by atoms with Gasteiger partial charge >= 0.3 is 0 Å². The van der Waals surface area contributed by atoms with Gasteiger partial charge in [0.05, 0.1) is 6.61 Å². The van der Waals surface area contributed by atoms with Crippen molar-refractivity contribution in [1.29, 1.82) is 0 Å². The van der Waals surface area contributed by atoms with Crippen LogP contribution in [0.5, 0.6) is 0 Å². The fourth-order valence-corrected chi connectivity index (χ4v) is 1.29. The van der Waals surface area contributed by atoms with Crippen LogP contribution in [0.4, 0.5) is 0 Å². The Kier molecular flexibility index (Phi) is 5.15. The van der Waals surface area contributed by atoms with Gasteiger partial charge in [0.25, 0.3) is 0 Å². The molecule has 0 aliphatic rings. The smallest absolute Gasteiger partial charge is 0.219 e. The molecule has 1 amide bonds. The molecule has 1 aromatic carbocycles. The fraction of sp³-hybridized carbons (Fsp3) is 0.364. The van der Waals surface area contributed by atoms with Crippen molar-refractivity contribution in [3.05, 3.63) is 35.9 Å². The van der Waals surface area contributed by atoms with Crippen molar-refractivity contribution in [2.24, 2.45) is 0 Å². The molecule has 0 aromatic heterocycles. The van der Waals surface area contributed by atoms with Crippen molar-refractivity contribution in [2.45, 2.75) is 13.2 Å². The van der Waals surface area contributed by atoms with Gasteiger partial charge in [0.2, 0.25) is 5.91 Å². The van der Waals surface area contributed by atoms with Crippen molar-refractivity contribution < 1.29 is 9.53 Å². The molecule has 1 N–H and O–H groups in total. The van der Waals surface area contributed by atoms with E-state index in [2.05, 4.69) is 5.32 Å². The summed E-state index contributed by atoms with van der Waals surface area (Å²) in [6, 6.07) is 9.50. The van der Waals surface area contributed by atoms with Gasteiger partial charge in [-0.25, -0.2) is 0 Å². The average Bonchev–Trinajstić information content (AvgIpc) is 2.25. The quantitative estimate of drug-likeness (QED) is 0.618. The highest BCUT2D eigenvalue weighted by Crippen LogP contribution is 2.13. The number of hydrogen-bond donors (Lipinski definition) is 1. The number of hydrogen-bond acceptors (Lipinski definition) is 2. The van der Waals surface area contributed by atoms with Gasteiger partial charge in [0.1, 0.15) is 0 Å². The summed E-state index contributed by atoms with van der Waals surface area (Å²) < 4.78 is 5.42. The van der Waals surface area contributed by atoms with E-state index in [-0.39, 0.29) is 5.91 Å². The van der Waals surface area contributed by atoms with Crippen LogP contribution in [0.1, 0.15) is 18.7 Å². The Morgan fingerprint density at radius 2 is 2.13 bits per heavy atom. The van der Waals surface area contributed by atoms with Crippen LogP contribution in [-0.2, 0) is 9.53 Å². The minimum Gasteiger partial charge on any atom is -0.353 e. The van der Waals surface area contributed by atoms with Gasteiger partial charge in [-0.1, -0.05) is 30.3 Å². The molecule has 15 heavy (non-hydrogen) atoms. The van der Waals surface area contributed by atoms with Gasteiger partial charge in [-0.05, 0) is 0 Å². The molecule has 0 saturated carbocycles. The second kappa shape index (κ2) is 6.43. The summed E-state index contributed by atoms with van der Waals surface area (Å²) in [5, 5.41) is 2.71. The third kappa shape index (κ3) is 4.32. The number of ether oxygens (including phenoxy) is 1. The maximum atomic E-state index is 11.0. The van der Waals surface area contributed by atoms with Gasteiger partial charge in [-0.15, -0.1) is 11.6 Å². The molecule has 0 radical (unpaired) electrons. The first-order chi connectivity index (χ1) is 7.24. The molecule has 0 fully saturated rings. The zero-order valence-electron chi connectivity index (χ0n) is 8.57. The third-order valence-electron chi connectivity index (χ3n) is 1.80. The summed E-state index contributed by atoms with van der Waals surface area (Å²) in [6.07, 6.45) is -0.414. The molecular formula is C11H14ClNO2. The fourth-order valence-electron chi connectivity index (χ4n) is 1.20. The largest absolute Gasteiger partial charge is 0.353 e. The summed E-state index contributed by atoms with van der Waals surface area (Å²) in [4.78, 5) is 11.0. The molecule has 0 aliphatic carbocycles. The van der Waals surface area contributed by atoms with Gasteiger partial charge in [0.15, 0.2) is 6.23 Å². The molecule has 4 heteroatoms. The van der Waals surface area contributed by atoms with E-state index in [1.807, 2.05) is 30.3 Å². The highest BCUT2D eigenvalue weighted by atomic mass is 35.5. The molecule has 1 atom stereocenters. The van der Waals surface area contributed by atoms with Crippen LogP contribution in [0.3, 0.4) is 0 Å². The first-order valence-corrected chi connectivity index (χ1v) is 5.27. The maximum Gasteiger partial charge on any atom is 0.219 e. The van der Waals surface area contributed by atoms with Crippen molar-refractivity contribution in [3.8, 4) is 0 Å². The van der Waals surface area contributed by atoms with E-state index in [1.165, 1.54) is 6.92 Å². The highest BCUT2D eigenvalue weighted by Gasteiger charge is 2.11. The first kappa shape index (κ1) is 12.0. The lowest BCUT2D eigenvalue weighted by Crippen LogP contribution is -2.28. The van der Waals surface area contributed by atoms with E-state index in [1.54, 1.807) is 0 Å². The van der Waals surface area contributed by atoms with Gasteiger partial charge in [0, 0.05) is 18.4 Å². The summed E-state index contributed by atoms with van der Waals surface area (Å²) in [5.74, 6) is 0.279. The molecule has 0 heterocycles. The SMILES string of the molecule is CC(=O)NC(OCCCl)c1ccccc1. The van der Waals surface area contributed by atoms with E-state index < -0.39 is 6.23 Å². The molecule has 1 aromatic rings. The Morgan fingerprint density at radius 3 is 2.67 bits per heavy atom. The van der Waals surface area contributed by atoms with Crippen molar-refractivity contribution in [2.75, 3.05) is 12.5 Å². The van der Waals surface area contributed by atoms with Crippen LogP contribution < -0.4 is 5.32 Å². The first-order valence-electron chi connectivity index (χ1n) is 4.73. The van der Waals surface area contributed by atoms with Gasteiger partial charge < -0.3 is 10.1 Å². The molecule has 82 valence electrons. The highest BCUT2D eigenvalue weighted by molar-refractivity contribution is 6.17. The molecule has 0 bridgehead atoms. The summed E-state index contributed by atoms with van der Waals surface area (Å²) in [6.45, 7) is 1.86. The van der Waals surface area contributed by atoms with Crippen LogP contribution in [0.2, 0.25) is 0 Å². The number of carbonyl (C=O) groups is 1. The normalized spacial score (nSPS) is 12.1. The minimum absolute atomic E-state index is 0.126. The van der Waals surface area contributed by atoms with Crippen LogP contribution in [0.15, 0.2) is 30.3 Å². The molecule has 1 unspecified atom stereocenters. The standard InChI is InChI=1S/C11H14ClNO2/c1-9(14)13-11(15-8-7-12)10-5-3-2-4-6-10/h2-6,11H,7-8H2,1H3,(H,13,14). The van der Waals surface area contributed by atoms with Crippen molar-refractivity contribution >= 4 is 17.5 Å². The predicted octanol–water partition coefficient (Wildman–Crippen LogP) is 2.08. The zero-order chi connectivity index (χ0) is 11.1. The monoisotopic (exact) mass is 227 g/mol. The molecule has 1 rings (SSSR count). The number of rotatable bonds is 5. The third-order valence-corrected chi connectivity index (χ3v) is 1.95. The van der Waals surface area contributed by atoms with Crippen LogP contribution in [-0.4, -0.2) is 18.4 Å². The number of halogens is 1. The zero-order valence-corrected chi connectivity index (χ0v) is 9.33. The Labute approximate surface area is 94.4 Å².